The molecule has 0 aliphatic carbocycles. The van der Waals surface area contributed by atoms with Crippen molar-refractivity contribution in [1.29, 1.82) is 0 Å². The maximum atomic E-state index is 13.0. The summed E-state index contributed by atoms with van der Waals surface area (Å²) in [5, 5.41) is 11.3. The first-order valence-corrected chi connectivity index (χ1v) is 10.7. The minimum Gasteiger partial charge on any atom is -0.371 e. The van der Waals surface area contributed by atoms with Gasteiger partial charge in [0.25, 0.3) is 0 Å². The summed E-state index contributed by atoms with van der Waals surface area (Å²) in [6.45, 7) is 9.74. The molecule has 2 aromatic carbocycles. The summed E-state index contributed by atoms with van der Waals surface area (Å²) in [6.07, 6.45) is 0.303. The first-order valence-electron chi connectivity index (χ1n) is 9.18. The zero-order valence-corrected chi connectivity index (χ0v) is 16.7. The molecule has 2 heterocycles. The van der Waals surface area contributed by atoms with Crippen molar-refractivity contribution in [1.82, 2.24) is 0 Å². The summed E-state index contributed by atoms with van der Waals surface area (Å²) in [7, 11) is -3.64. The van der Waals surface area contributed by atoms with Crippen molar-refractivity contribution < 1.29 is 17.9 Å². The summed E-state index contributed by atoms with van der Waals surface area (Å²) < 4.78 is 36.4. The van der Waals surface area contributed by atoms with E-state index in [0.29, 0.717) is 26.3 Å². The molecule has 2 fully saturated rings. The van der Waals surface area contributed by atoms with Gasteiger partial charge in [0.05, 0.1) is 47.5 Å². The second-order valence-corrected chi connectivity index (χ2v) is 8.80. The Morgan fingerprint density at radius 3 is 1.41 bits per heavy atom. The molecule has 152 valence electrons. The largest absolute Gasteiger partial charge is 0.371 e. The van der Waals surface area contributed by atoms with Crippen LogP contribution in [0.1, 0.15) is 0 Å². The van der Waals surface area contributed by atoms with Gasteiger partial charge in [0, 0.05) is 13.4 Å². The summed E-state index contributed by atoms with van der Waals surface area (Å²) >= 11 is 0. The molecule has 4 rings (SSSR count). The third-order valence-electron chi connectivity index (χ3n) is 4.79. The molecule has 0 bridgehead atoms. The van der Waals surface area contributed by atoms with E-state index in [9.17, 15) is 8.42 Å². The van der Waals surface area contributed by atoms with E-state index in [0.717, 1.165) is 11.4 Å². The number of sulfone groups is 1. The predicted octanol–water partition coefficient (Wildman–Crippen LogP) is 2.16. The highest BCUT2D eigenvalue weighted by Crippen LogP contribution is 2.27. The van der Waals surface area contributed by atoms with Gasteiger partial charge in [-0.3, -0.25) is 10.0 Å². The van der Waals surface area contributed by atoms with E-state index in [-0.39, 0.29) is 22.0 Å². The Balaban J connectivity index is 1.51. The monoisotopic (exact) mass is 414 g/mol. The lowest BCUT2D eigenvalue weighted by molar-refractivity contribution is 0.408. The normalized spacial score (nSPS) is 20.0. The summed E-state index contributed by atoms with van der Waals surface area (Å²) in [5.41, 5.74) is 1.53. The second-order valence-electron chi connectivity index (χ2n) is 6.85. The molecule has 2 unspecified atom stereocenters. The van der Waals surface area contributed by atoms with Gasteiger partial charge in [-0.15, -0.1) is 0 Å². The first kappa shape index (κ1) is 19.6. The molecule has 2 aliphatic rings. The molecule has 29 heavy (non-hydrogen) atoms. The SMILES string of the molecule is C=NN(CC1CO1)c1ccc(S(=O)(=O)c2ccc(N(CC3CO3)N=C)cc2)cc1. The summed E-state index contributed by atoms with van der Waals surface area (Å²) in [5.74, 6) is 0. The van der Waals surface area contributed by atoms with Crippen LogP contribution in [0.25, 0.3) is 0 Å². The minimum absolute atomic E-state index is 0.151. The fourth-order valence-corrected chi connectivity index (χ4v) is 4.21. The van der Waals surface area contributed by atoms with Crippen molar-refractivity contribution in [2.24, 2.45) is 10.2 Å². The van der Waals surface area contributed by atoms with E-state index in [1.54, 1.807) is 58.5 Å². The molecule has 2 atom stereocenters. The fourth-order valence-electron chi connectivity index (χ4n) is 2.95. The molecule has 2 saturated heterocycles. The molecule has 0 saturated carbocycles. The zero-order chi connectivity index (χ0) is 20.4. The van der Waals surface area contributed by atoms with E-state index in [4.69, 9.17) is 9.47 Å². The first-order chi connectivity index (χ1) is 14.0. The van der Waals surface area contributed by atoms with Gasteiger partial charge in [0.2, 0.25) is 9.84 Å². The lowest BCUT2D eigenvalue weighted by Crippen LogP contribution is -2.21. The van der Waals surface area contributed by atoms with Gasteiger partial charge in [-0.25, -0.2) is 8.42 Å². The highest BCUT2D eigenvalue weighted by Gasteiger charge is 2.27. The Bertz CT molecular complexity index is 909. The van der Waals surface area contributed by atoms with Crippen LogP contribution < -0.4 is 10.0 Å². The highest BCUT2D eigenvalue weighted by molar-refractivity contribution is 7.91. The van der Waals surface area contributed by atoms with Crippen LogP contribution in [-0.4, -0.2) is 60.4 Å². The van der Waals surface area contributed by atoms with Crippen LogP contribution >= 0.6 is 0 Å². The van der Waals surface area contributed by atoms with Gasteiger partial charge in [0.15, 0.2) is 0 Å². The van der Waals surface area contributed by atoms with Crippen molar-refractivity contribution in [3.8, 4) is 0 Å². The average Bonchev–Trinajstić information content (AvgIpc) is 3.66. The number of benzene rings is 2. The molecule has 2 aromatic rings. The van der Waals surface area contributed by atoms with Crippen molar-refractivity contribution in [3.63, 3.8) is 0 Å². The van der Waals surface area contributed by atoms with Crippen molar-refractivity contribution >= 4 is 34.6 Å². The number of rotatable bonds is 10. The van der Waals surface area contributed by atoms with Gasteiger partial charge >= 0.3 is 0 Å². The smallest absolute Gasteiger partial charge is 0.206 e. The van der Waals surface area contributed by atoms with Crippen molar-refractivity contribution in [2.45, 2.75) is 22.0 Å². The van der Waals surface area contributed by atoms with E-state index in [2.05, 4.69) is 23.6 Å². The molecule has 0 aromatic heterocycles. The van der Waals surface area contributed by atoms with Crippen LogP contribution in [0.15, 0.2) is 68.5 Å². The number of epoxide rings is 2. The number of hydrazone groups is 2. The van der Waals surface area contributed by atoms with Gasteiger partial charge in [-0.1, -0.05) is 0 Å². The molecular formula is C20H22N4O4S. The van der Waals surface area contributed by atoms with Crippen LogP contribution in [0.4, 0.5) is 11.4 Å². The molecule has 0 amide bonds. The maximum Gasteiger partial charge on any atom is 0.206 e. The lowest BCUT2D eigenvalue weighted by Gasteiger charge is -2.18. The van der Waals surface area contributed by atoms with Gasteiger partial charge in [-0.05, 0) is 48.5 Å². The number of hydrogen-bond donors (Lipinski definition) is 0. The Morgan fingerprint density at radius 2 is 1.14 bits per heavy atom. The van der Waals surface area contributed by atoms with Crippen LogP contribution in [0.2, 0.25) is 0 Å². The van der Waals surface area contributed by atoms with Gasteiger partial charge in [0.1, 0.15) is 12.2 Å². The van der Waals surface area contributed by atoms with Crippen LogP contribution in [0.5, 0.6) is 0 Å². The van der Waals surface area contributed by atoms with Gasteiger partial charge in [-0.2, -0.15) is 10.2 Å². The predicted molar refractivity (Wildman–Crippen MR) is 112 cm³/mol. The van der Waals surface area contributed by atoms with E-state index in [1.165, 1.54) is 0 Å². The molecule has 9 heteroatoms. The molecule has 2 aliphatic heterocycles. The van der Waals surface area contributed by atoms with E-state index < -0.39 is 9.84 Å². The topological polar surface area (TPSA) is 90.4 Å². The van der Waals surface area contributed by atoms with Crippen LogP contribution in [0, 0.1) is 0 Å². The summed E-state index contributed by atoms with van der Waals surface area (Å²) in [6, 6.07) is 13.2. The zero-order valence-electron chi connectivity index (χ0n) is 15.8. The molecule has 0 spiro atoms. The average molecular weight is 414 g/mol. The van der Waals surface area contributed by atoms with E-state index >= 15 is 0 Å². The molecular weight excluding hydrogens is 392 g/mol. The fraction of sp³-hybridized carbons (Fsp3) is 0.300. The Hall–Kier alpha value is -2.75. The minimum atomic E-state index is -3.64. The van der Waals surface area contributed by atoms with Gasteiger partial charge < -0.3 is 9.47 Å². The standard InChI is InChI=1S/C20H22N4O4S/c1-21-23(11-17-13-27-17)15-3-7-19(8-4-15)29(25,26)20-9-5-16(6-10-20)24(22-2)12-18-14-28-18/h3-10,17-18H,1-2,11-14H2. The Morgan fingerprint density at radius 1 is 0.793 bits per heavy atom. The third kappa shape index (κ3) is 4.47. The quantitative estimate of drug-likeness (QED) is 0.336. The molecule has 8 nitrogen and oxygen atoms in total. The highest BCUT2D eigenvalue weighted by atomic mass is 32.2. The van der Waals surface area contributed by atoms with Crippen LogP contribution in [0.3, 0.4) is 0 Å². The van der Waals surface area contributed by atoms with Crippen molar-refractivity contribution in [3.05, 3.63) is 48.5 Å². The maximum absolute atomic E-state index is 13.0. The summed E-state index contributed by atoms with van der Waals surface area (Å²) in [4.78, 5) is 0.427. The number of ether oxygens (including phenoxy) is 2. The number of anilines is 2. The lowest BCUT2D eigenvalue weighted by atomic mass is 10.3. The molecule has 0 radical (unpaired) electrons. The van der Waals surface area contributed by atoms with Crippen molar-refractivity contribution in [2.75, 3.05) is 36.3 Å². The van der Waals surface area contributed by atoms with E-state index in [1.807, 2.05) is 0 Å². The Kier molecular flexibility index (Phi) is 5.35. The second kappa shape index (κ2) is 7.94. The Labute approximate surface area is 169 Å². The number of hydrogen-bond acceptors (Lipinski definition) is 8. The number of nitrogens with zero attached hydrogens (tertiary/aromatic N) is 4. The third-order valence-corrected chi connectivity index (χ3v) is 6.57. The van der Waals surface area contributed by atoms with Crippen LogP contribution in [-0.2, 0) is 19.3 Å². The molecule has 0 N–H and O–H groups in total.